The Bertz CT molecular complexity index is 567. The third kappa shape index (κ3) is 3.39. The van der Waals surface area contributed by atoms with E-state index < -0.39 is 0 Å². The summed E-state index contributed by atoms with van der Waals surface area (Å²) >= 11 is 0. The van der Waals surface area contributed by atoms with Gasteiger partial charge in [-0.2, -0.15) is 0 Å². The van der Waals surface area contributed by atoms with E-state index in [1.54, 1.807) is 36.4 Å². The molecule has 3 nitrogen and oxygen atoms in total. The largest absolute Gasteiger partial charge is 0.488 e. The molecule has 2 aromatic rings. The van der Waals surface area contributed by atoms with Crippen molar-refractivity contribution >= 4 is 5.78 Å². The van der Waals surface area contributed by atoms with Gasteiger partial charge in [0.2, 0.25) is 0 Å². The van der Waals surface area contributed by atoms with Crippen LogP contribution in [-0.4, -0.2) is 12.3 Å². The second kappa shape index (κ2) is 6.11. The Labute approximate surface area is 110 Å². The highest BCUT2D eigenvalue weighted by Gasteiger charge is 2.10. The van der Waals surface area contributed by atoms with Crippen LogP contribution in [0.3, 0.4) is 0 Å². The Kier molecular flexibility index (Phi) is 4.26. The molecule has 2 N–H and O–H groups in total. The summed E-state index contributed by atoms with van der Waals surface area (Å²) in [4.78, 5) is 11.6. The monoisotopic (exact) mass is 259 g/mol. The van der Waals surface area contributed by atoms with Crippen molar-refractivity contribution in [3.8, 4) is 5.75 Å². The lowest BCUT2D eigenvalue weighted by Crippen LogP contribution is -2.14. The SMILES string of the molecule is NCC(=O)c1ccccc1OCc1ccc(F)cc1. The Morgan fingerprint density at radius 3 is 2.47 bits per heavy atom. The van der Waals surface area contributed by atoms with E-state index in [1.165, 1.54) is 12.1 Å². The molecule has 0 heterocycles. The van der Waals surface area contributed by atoms with Crippen molar-refractivity contribution in [3.63, 3.8) is 0 Å². The number of rotatable bonds is 5. The zero-order chi connectivity index (χ0) is 13.7. The van der Waals surface area contributed by atoms with Gasteiger partial charge >= 0.3 is 0 Å². The topological polar surface area (TPSA) is 52.3 Å². The van der Waals surface area contributed by atoms with Crippen LogP contribution in [0.15, 0.2) is 48.5 Å². The normalized spacial score (nSPS) is 10.2. The third-order valence-corrected chi connectivity index (χ3v) is 2.68. The summed E-state index contributed by atoms with van der Waals surface area (Å²) in [6, 6.07) is 13.0. The van der Waals surface area contributed by atoms with E-state index in [0.29, 0.717) is 11.3 Å². The number of hydrogen-bond donors (Lipinski definition) is 1. The predicted octanol–water partition coefficient (Wildman–Crippen LogP) is 2.55. The minimum absolute atomic E-state index is 0.0586. The quantitative estimate of drug-likeness (QED) is 0.839. The zero-order valence-corrected chi connectivity index (χ0v) is 10.3. The smallest absolute Gasteiger partial charge is 0.180 e. The van der Waals surface area contributed by atoms with Gasteiger partial charge in [-0.25, -0.2) is 4.39 Å². The van der Waals surface area contributed by atoms with Crippen LogP contribution in [0.4, 0.5) is 4.39 Å². The maximum Gasteiger partial charge on any atom is 0.180 e. The van der Waals surface area contributed by atoms with Crippen LogP contribution in [-0.2, 0) is 6.61 Å². The molecule has 98 valence electrons. The van der Waals surface area contributed by atoms with Gasteiger partial charge in [-0.3, -0.25) is 4.79 Å². The van der Waals surface area contributed by atoms with Crippen molar-refractivity contribution in [2.45, 2.75) is 6.61 Å². The molecular weight excluding hydrogens is 245 g/mol. The molecule has 19 heavy (non-hydrogen) atoms. The molecule has 4 heteroatoms. The van der Waals surface area contributed by atoms with Gasteiger partial charge in [-0.1, -0.05) is 24.3 Å². The molecule has 0 radical (unpaired) electrons. The van der Waals surface area contributed by atoms with E-state index in [2.05, 4.69) is 0 Å². The molecule has 2 rings (SSSR count). The molecule has 0 saturated heterocycles. The first-order valence-electron chi connectivity index (χ1n) is 5.90. The minimum atomic E-state index is -0.289. The summed E-state index contributed by atoms with van der Waals surface area (Å²) in [5, 5.41) is 0. The second-order valence-corrected chi connectivity index (χ2v) is 4.04. The highest BCUT2D eigenvalue weighted by atomic mass is 19.1. The zero-order valence-electron chi connectivity index (χ0n) is 10.3. The number of nitrogens with two attached hydrogens (primary N) is 1. The third-order valence-electron chi connectivity index (χ3n) is 2.68. The molecule has 0 spiro atoms. The van der Waals surface area contributed by atoms with Gasteiger partial charge in [0.05, 0.1) is 12.1 Å². The molecular formula is C15H14FNO2. The van der Waals surface area contributed by atoms with Gasteiger partial charge in [-0.05, 0) is 29.8 Å². The van der Waals surface area contributed by atoms with E-state index in [1.807, 2.05) is 0 Å². The highest BCUT2D eigenvalue weighted by molar-refractivity contribution is 5.99. The summed E-state index contributed by atoms with van der Waals surface area (Å²) in [7, 11) is 0. The number of carbonyl (C=O) groups excluding carboxylic acids is 1. The molecule has 0 aromatic heterocycles. The van der Waals surface area contributed by atoms with Crippen molar-refractivity contribution in [2.24, 2.45) is 5.73 Å². The van der Waals surface area contributed by atoms with E-state index in [0.717, 1.165) is 5.56 Å². The first kappa shape index (κ1) is 13.2. The van der Waals surface area contributed by atoms with Gasteiger partial charge in [0, 0.05) is 0 Å². The number of ether oxygens (including phenoxy) is 1. The van der Waals surface area contributed by atoms with Gasteiger partial charge in [-0.15, -0.1) is 0 Å². The van der Waals surface area contributed by atoms with Gasteiger partial charge in [0.15, 0.2) is 5.78 Å². The van der Waals surface area contributed by atoms with Crippen LogP contribution in [0.5, 0.6) is 5.75 Å². The lowest BCUT2D eigenvalue weighted by molar-refractivity contribution is 0.0997. The highest BCUT2D eigenvalue weighted by Crippen LogP contribution is 2.19. The fraction of sp³-hybridized carbons (Fsp3) is 0.133. The van der Waals surface area contributed by atoms with E-state index in [4.69, 9.17) is 10.5 Å². The first-order chi connectivity index (χ1) is 9.20. The van der Waals surface area contributed by atoms with Crippen LogP contribution < -0.4 is 10.5 Å². The summed E-state index contributed by atoms with van der Waals surface area (Å²) < 4.78 is 18.4. The van der Waals surface area contributed by atoms with E-state index in [9.17, 15) is 9.18 Å². The lowest BCUT2D eigenvalue weighted by Gasteiger charge is -2.10. The molecule has 0 saturated carbocycles. The van der Waals surface area contributed by atoms with Gasteiger partial charge in [0.25, 0.3) is 0 Å². The lowest BCUT2D eigenvalue weighted by atomic mass is 10.1. The van der Waals surface area contributed by atoms with Crippen LogP contribution in [0.2, 0.25) is 0 Å². The van der Waals surface area contributed by atoms with E-state index >= 15 is 0 Å². The Morgan fingerprint density at radius 2 is 1.79 bits per heavy atom. The van der Waals surface area contributed by atoms with Gasteiger partial charge < -0.3 is 10.5 Å². The maximum atomic E-state index is 12.8. The summed E-state index contributed by atoms with van der Waals surface area (Å²) in [6.45, 7) is 0.214. The van der Waals surface area contributed by atoms with Gasteiger partial charge in [0.1, 0.15) is 18.2 Å². The van der Waals surface area contributed by atoms with Crippen molar-refractivity contribution in [1.82, 2.24) is 0 Å². The molecule has 0 atom stereocenters. The average molecular weight is 259 g/mol. The fourth-order valence-corrected chi connectivity index (χ4v) is 1.67. The van der Waals surface area contributed by atoms with Crippen molar-refractivity contribution in [1.29, 1.82) is 0 Å². The van der Waals surface area contributed by atoms with Crippen molar-refractivity contribution in [2.75, 3.05) is 6.54 Å². The number of Topliss-reactive ketones (excluding diaryl/α,β-unsaturated/α-hetero) is 1. The summed E-state index contributed by atoms with van der Waals surface area (Å²) in [6.07, 6.45) is 0. The fourth-order valence-electron chi connectivity index (χ4n) is 1.67. The summed E-state index contributed by atoms with van der Waals surface area (Å²) in [5.41, 5.74) is 6.65. The molecule has 0 aliphatic rings. The standard InChI is InChI=1S/C15H14FNO2/c16-12-7-5-11(6-8-12)10-19-15-4-2-1-3-13(15)14(18)9-17/h1-8H,9-10,17H2. The van der Waals surface area contributed by atoms with E-state index in [-0.39, 0.29) is 24.8 Å². The molecule has 0 aliphatic carbocycles. The Hall–Kier alpha value is -2.20. The van der Waals surface area contributed by atoms with Crippen LogP contribution in [0.1, 0.15) is 15.9 Å². The van der Waals surface area contributed by atoms with Crippen LogP contribution in [0.25, 0.3) is 0 Å². The average Bonchev–Trinajstić information content (AvgIpc) is 2.46. The van der Waals surface area contributed by atoms with Crippen molar-refractivity contribution in [3.05, 3.63) is 65.5 Å². The number of para-hydroxylation sites is 1. The number of benzene rings is 2. The number of halogens is 1. The minimum Gasteiger partial charge on any atom is -0.488 e. The molecule has 0 aliphatic heterocycles. The first-order valence-corrected chi connectivity index (χ1v) is 5.90. The summed E-state index contributed by atoms with van der Waals surface area (Å²) in [5.74, 6) is 0.0273. The number of carbonyl (C=O) groups is 1. The Balaban J connectivity index is 2.11. The van der Waals surface area contributed by atoms with Crippen LogP contribution in [0, 0.1) is 5.82 Å². The Morgan fingerprint density at radius 1 is 1.11 bits per heavy atom. The molecule has 0 amide bonds. The molecule has 0 fully saturated rings. The molecule has 2 aromatic carbocycles. The number of ketones is 1. The van der Waals surface area contributed by atoms with Crippen molar-refractivity contribution < 1.29 is 13.9 Å². The molecule has 0 unspecified atom stereocenters. The second-order valence-electron chi connectivity index (χ2n) is 4.04. The molecule has 0 bridgehead atoms. The predicted molar refractivity (Wildman–Crippen MR) is 70.6 cm³/mol. The maximum absolute atomic E-state index is 12.8. The van der Waals surface area contributed by atoms with Crippen LogP contribution >= 0.6 is 0 Å². The number of hydrogen-bond acceptors (Lipinski definition) is 3.